The summed E-state index contributed by atoms with van der Waals surface area (Å²) in [6.07, 6.45) is 0. The average molecular weight is 467 g/mol. The highest BCUT2D eigenvalue weighted by atomic mass is 32.2. The van der Waals surface area contributed by atoms with E-state index in [1.165, 1.54) is 16.4 Å². The summed E-state index contributed by atoms with van der Waals surface area (Å²) in [4.78, 5) is 12.9. The number of hydrogen-bond acceptors (Lipinski definition) is 6. The van der Waals surface area contributed by atoms with Crippen LogP contribution >= 0.6 is 0 Å². The van der Waals surface area contributed by atoms with Crippen LogP contribution in [-0.4, -0.2) is 44.9 Å². The molecule has 1 fully saturated rings. The lowest BCUT2D eigenvalue weighted by Gasteiger charge is -2.27. The molecule has 0 aliphatic carbocycles. The number of benzene rings is 3. The van der Waals surface area contributed by atoms with E-state index in [1.807, 2.05) is 19.1 Å². The Morgan fingerprint density at radius 3 is 2.48 bits per heavy atom. The van der Waals surface area contributed by atoms with Gasteiger partial charge in [-0.1, -0.05) is 24.3 Å². The average Bonchev–Trinajstić information content (AvgIpc) is 2.95. The zero-order chi connectivity index (χ0) is 23.0. The Balaban J connectivity index is 1.65. The number of hydrogen-bond donors (Lipinski definition) is 1. The monoisotopic (exact) mass is 466 g/mol. The number of para-hydroxylation sites is 1. The van der Waals surface area contributed by atoms with Gasteiger partial charge in [0, 0.05) is 19.2 Å². The number of rotatable bonds is 4. The Labute approximate surface area is 191 Å². The minimum absolute atomic E-state index is 0.0785. The molecular formula is C24H22N2O6S. The second-order valence-corrected chi connectivity index (χ2v) is 9.69. The molecule has 5 rings (SSSR count). The Morgan fingerprint density at radius 1 is 0.970 bits per heavy atom. The third kappa shape index (κ3) is 4.18. The fraction of sp³-hybridized carbons (Fsp3) is 0.208. The summed E-state index contributed by atoms with van der Waals surface area (Å²) >= 11 is 0. The summed E-state index contributed by atoms with van der Waals surface area (Å²) < 4.78 is 45.8. The van der Waals surface area contributed by atoms with Gasteiger partial charge < -0.3 is 19.5 Å². The highest BCUT2D eigenvalue weighted by Crippen LogP contribution is 2.42. The van der Waals surface area contributed by atoms with Gasteiger partial charge in [0.15, 0.2) is 11.5 Å². The van der Waals surface area contributed by atoms with Gasteiger partial charge in [-0.25, -0.2) is 8.42 Å². The molecule has 8 nitrogen and oxygen atoms in total. The molecule has 0 unspecified atom stereocenters. The van der Waals surface area contributed by atoms with Gasteiger partial charge >= 0.3 is 0 Å². The van der Waals surface area contributed by atoms with E-state index in [-0.39, 0.29) is 35.0 Å². The van der Waals surface area contributed by atoms with E-state index in [1.54, 1.807) is 36.4 Å². The Kier molecular flexibility index (Phi) is 5.53. The lowest BCUT2D eigenvalue weighted by Crippen LogP contribution is -2.40. The molecule has 3 aromatic rings. The fourth-order valence-electron chi connectivity index (χ4n) is 3.76. The maximum absolute atomic E-state index is 13.6. The van der Waals surface area contributed by atoms with E-state index in [0.29, 0.717) is 30.4 Å². The molecule has 1 amide bonds. The molecule has 1 saturated heterocycles. The second kappa shape index (κ2) is 8.51. The molecule has 2 aliphatic rings. The maximum atomic E-state index is 13.6. The number of carbonyl (C=O) groups is 1. The summed E-state index contributed by atoms with van der Waals surface area (Å²) in [6.45, 7) is 2.95. The van der Waals surface area contributed by atoms with Gasteiger partial charge in [0.05, 0.1) is 24.5 Å². The van der Waals surface area contributed by atoms with Crippen molar-refractivity contribution in [3.8, 4) is 23.0 Å². The summed E-state index contributed by atoms with van der Waals surface area (Å²) in [5, 5.41) is 2.81. The third-order valence-corrected chi connectivity index (χ3v) is 7.37. The smallest absolute Gasteiger partial charge is 0.259 e. The Bertz CT molecular complexity index is 1320. The largest absolute Gasteiger partial charge is 0.456 e. The van der Waals surface area contributed by atoms with Crippen LogP contribution in [-0.2, 0) is 14.8 Å². The van der Waals surface area contributed by atoms with Crippen LogP contribution in [0.1, 0.15) is 15.9 Å². The molecule has 0 saturated carbocycles. The standard InChI is InChI=1S/C24H22N2O6S/c1-16-7-8-20-19(13-16)25-24(27)18-14-23(33(28,29)26-9-11-30-12-10-26)22(15-21(18)32-20)31-17-5-3-2-4-6-17/h2-8,13-15H,9-12H2,1H3,(H,25,27). The van der Waals surface area contributed by atoms with Crippen molar-refractivity contribution in [1.82, 2.24) is 4.31 Å². The van der Waals surface area contributed by atoms with Crippen LogP contribution in [0.2, 0.25) is 0 Å². The number of sulfonamides is 1. The van der Waals surface area contributed by atoms with Crippen molar-refractivity contribution in [1.29, 1.82) is 0 Å². The van der Waals surface area contributed by atoms with Crippen LogP contribution in [0.3, 0.4) is 0 Å². The summed E-state index contributed by atoms with van der Waals surface area (Å²) in [6, 6.07) is 17.1. The second-order valence-electron chi connectivity index (χ2n) is 7.78. The van der Waals surface area contributed by atoms with E-state index in [9.17, 15) is 13.2 Å². The van der Waals surface area contributed by atoms with Crippen LogP contribution in [0.5, 0.6) is 23.0 Å². The molecule has 3 aromatic carbocycles. The zero-order valence-electron chi connectivity index (χ0n) is 17.9. The Hall–Kier alpha value is -3.40. The van der Waals surface area contributed by atoms with Gasteiger partial charge in [0.1, 0.15) is 16.4 Å². The molecule has 0 aromatic heterocycles. The minimum atomic E-state index is -3.96. The van der Waals surface area contributed by atoms with E-state index < -0.39 is 15.9 Å². The zero-order valence-corrected chi connectivity index (χ0v) is 18.7. The maximum Gasteiger partial charge on any atom is 0.259 e. The first-order chi connectivity index (χ1) is 15.9. The van der Waals surface area contributed by atoms with Gasteiger partial charge in [0.25, 0.3) is 5.91 Å². The normalized spacial score (nSPS) is 16.1. The van der Waals surface area contributed by atoms with Gasteiger partial charge in [-0.15, -0.1) is 0 Å². The van der Waals surface area contributed by atoms with Crippen LogP contribution in [0, 0.1) is 6.92 Å². The number of aryl methyl sites for hydroxylation is 1. The molecule has 0 spiro atoms. The van der Waals surface area contributed by atoms with Gasteiger partial charge in [-0.05, 0) is 42.8 Å². The fourth-order valence-corrected chi connectivity index (χ4v) is 5.29. The number of anilines is 1. The van der Waals surface area contributed by atoms with E-state index in [0.717, 1.165) is 5.56 Å². The highest BCUT2D eigenvalue weighted by Gasteiger charge is 2.33. The summed E-state index contributed by atoms with van der Waals surface area (Å²) in [5.41, 5.74) is 1.57. The molecule has 2 aliphatic heterocycles. The molecule has 33 heavy (non-hydrogen) atoms. The first-order valence-electron chi connectivity index (χ1n) is 10.5. The van der Waals surface area contributed by atoms with Gasteiger partial charge in [0.2, 0.25) is 10.0 Å². The summed E-state index contributed by atoms with van der Waals surface area (Å²) in [7, 11) is -3.96. The van der Waals surface area contributed by atoms with E-state index in [4.69, 9.17) is 14.2 Å². The number of nitrogens with one attached hydrogen (secondary N) is 1. The number of amides is 1. The van der Waals surface area contributed by atoms with Crippen molar-refractivity contribution < 1.29 is 27.4 Å². The van der Waals surface area contributed by atoms with Crippen LogP contribution in [0.25, 0.3) is 0 Å². The lowest BCUT2D eigenvalue weighted by molar-refractivity contribution is 0.0729. The van der Waals surface area contributed by atoms with Crippen molar-refractivity contribution in [2.75, 3.05) is 31.6 Å². The first-order valence-corrected chi connectivity index (χ1v) is 11.9. The number of morpholine rings is 1. The number of fused-ring (bicyclic) bond motifs is 2. The van der Waals surface area contributed by atoms with Crippen molar-refractivity contribution >= 4 is 21.6 Å². The molecule has 0 radical (unpaired) electrons. The van der Waals surface area contributed by atoms with Crippen molar-refractivity contribution in [2.24, 2.45) is 0 Å². The highest BCUT2D eigenvalue weighted by molar-refractivity contribution is 7.89. The Morgan fingerprint density at radius 2 is 1.73 bits per heavy atom. The lowest BCUT2D eigenvalue weighted by atomic mass is 10.1. The predicted octanol–water partition coefficient (Wildman–Crippen LogP) is 4.17. The molecule has 0 bridgehead atoms. The number of carbonyl (C=O) groups excluding carboxylic acids is 1. The topological polar surface area (TPSA) is 94.2 Å². The molecule has 2 heterocycles. The quantitative estimate of drug-likeness (QED) is 0.620. The molecule has 1 N–H and O–H groups in total. The van der Waals surface area contributed by atoms with Gasteiger partial charge in [-0.2, -0.15) is 4.31 Å². The van der Waals surface area contributed by atoms with Crippen molar-refractivity contribution in [2.45, 2.75) is 11.8 Å². The number of ether oxygens (including phenoxy) is 3. The van der Waals surface area contributed by atoms with Gasteiger partial charge in [-0.3, -0.25) is 4.79 Å². The SMILES string of the molecule is Cc1ccc2c(c1)NC(=O)c1cc(S(=O)(=O)N3CCOCC3)c(Oc3ccccc3)cc1O2. The molecular weight excluding hydrogens is 444 g/mol. The van der Waals surface area contributed by atoms with Crippen molar-refractivity contribution in [3.05, 3.63) is 71.8 Å². The first kappa shape index (κ1) is 21.4. The van der Waals surface area contributed by atoms with Crippen LogP contribution < -0.4 is 14.8 Å². The minimum Gasteiger partial charge on any atom is -0.456 e. The predicted molar refractivity (Wildman–Crippen MR) is 122 cm³/mol. The van der Waals surface area contributed by atoms with E-state index >= 15 is 0 Å². The van der Waals surface area contributed by atoms with Crippen molar-refractivity contribution in [3.63, 3.8) is 0 Å². The van der Waals surface area contributed by atoms with E-state index in [2.05, 4.69) is 5.32 Å². The summed E-state index contributed by atoms with van der Waals surface area (Å²) in [5.74, 6) is 0.753. The van der Waals surface area contributed by atoms with Crippen LogP contribution in [0.4, 0.5) is 5.69 Å². The van der Waals surface area contributed by atoms with Crippen LogP contribution in [0.15, 0.2) is 65.6 Å². The number of nitrogens with zero attached hydrogens (tertiary/aromatic N) is 1. The molecule has 170 valence electrons. The molecule has 9 heteroatoms. The molecule has 0 atom stereocenters. The third-order valence-electron chi connectivity index (χ3n) is 5.45.